The standard InChI is InChI=1S/C14H18N2O2S3/c1-3-15-13(17)6-7-16(2)14(18)12(21-10-19)9-11-5-4-8-20-11/h4-5,8-10H,3,6-7H2,1-2H3,(H,15,17)/b12-9-. The van der Waals surface area contributed by atoms with Crippen LogP contribution < -0.4 is 5.32 Å². The fourth-order valence-corrected chi connectivity index (χ4v) is 3.14. The van der Waals surface area contributed by atoms with Crippen LogP contribution in [0.25, 0.3) is 6.08 Å². The maximum atomic E-state index is 12.4. The van der Waals surface area contributed by atoms with Gasteiger partial charge in [0.1, 0.15) is 0 Å². The molecule has 1 aromatic heterocycles. The van der Waals surface area contributed by atoms with E-state index >= 15 is 0 Å². The maximum absolute atomic E-state index is 12.4. The van der Waals surface area contributed by atoms with Crippen LogP contribution in [0.15, 0.2) is 22.4 Å². The molecule has 0 aliphatic carbocycles. The zero-order valence-electron chi connectivity index (χ0n) is 12.0. The highest BCUT2D eigenvalue weighted by Gasteiger charge is 2.16. The molecule has 0 saturated carbocycles. The normalized spacial score (nSPS) is 11.0. The number of nitrogens with one attached hydrogen (secondary N) is 1. The van der Waals surface area contributed by atoms with Gasteiger partial charge in [-0.25, -0.2) is 0 Å². The first-order valence-corrected chi connectivity index (χ1v) is 8.69. The van der Waals surface area contributed by atoms with Crippen molar-refractivity contribution in [2.45, 2.75) is 13.3 Å². The van der Waals surface area contributed by atoms with Gasteiger partial charge in [-0.3, -0.25) is 9.59 Å². The lowest BCUT2D eigenvalue weighted by Crippen LogP contribution is -2.32. The summed E-state index contributed by atoms with van der Waals surface area (Å²) in [5.74, 6) is -0.179. The first-order chi connectivity index (χ1) is 10.1. The summed E-state index contributed by atoms with van der Waals surface area (Å²) in [6.45, 7) is 2.84. The van der Waals surface area contributed by atoms with E-state index in [1.165, 1.54) is 16.5 Å². The molecule has 4 nitrogen and oxygen atoms in total. The highest BCUT2D eigenvalue weighted by atomic mass is 32.2. The van der Waals surface area contributed by atoms with Gasteiger partial charge in [0.15, 0.2) is 0 Å². The summed E-state index contributed by atoms with van der Waals surface area (Å²) in [6, 6.07) is 3.87. The molecule has 0 spiro atoms. The van der Waals surface area contributed by atoms with Gasteiger partial charge in [0.25, 0.3) is 5.91 Å². The van der Waals surface area contributed by atoms with E-state index in [1.807, 2.05) is 30.5 Å². The van der Waals surface area contributed by atoms with Crippen molar-refractivity contribution < 1.29 is 9.59 Å². The van der Waals surface area contributed by atoms with Crippen molar-refractivity contribution in [1.82, 2.24) is 10.2 Å². The predicted octanol–water partition coefficient (Wildman–Crippen LogP) is 2.76. The number of likely N-dealkylation sites (N-methyl/N-ethyl adjacent to an activating group) is 1. The minimum atomic E-state index is -0.126. The number of hydrogen-bond acceptors (Lipinski definition) is 5. The highest BCUT2D eigenvalue weighted by molar-refractivity contribution is 8.24. The maximum Gasteiger partial charge on any atom is 0.260 e. The summed E-state index contributed by atoms with van der Waals surface area (Å²) < 4.78 is 1.47. The quantitative estimate of drug-likeness (QED) is 0.583. The monoisotopic (exact) mass is 342 g/mol. The van der Waals surface area contributed by atoms with Crippen LogP contribution in [0.3, 0.4) is 0 Å². The van der Waals surface area contributed by atoms with Gasteiger partial charge in [0.2, 0.25) is 5.91 Å². The molecule has 114 valence electrons. The number of carbonyl (C=O) groups is 2. The van der Waals surface area contributed by atoms with Gasteiger partial charge in [-0.05, 0) is 24.4 Å². The van der Waals surface area contributed by atoms with Gasteiger partial charge < -0.3 is 10.2 Å². The van der Waals surface area contributed by atoms with Crippen molar-refractivity contribution in [2.75, 3.05) is 20.1 Å². The fraction of sp³-hybridized carbons (Fsp3) is 0.357. The average Bonchev–Trinajstić information content (AvgIpc) is 2.97. The minimum absolute atomic E-state index is 0.0524. The lowest BCUT2D eigenvalue weighted by Gasteiger charge is -2.17. The van der Waals surface area contributed by atoms with Gasteiger partial charge in [-0.2, -0.15) is 0 Å². The van der Waals surface area contributed by atoms with Crippen LogP contribution in [0.5, 0.6) is 0 Å². The Hall–Kier alpha value is -1.18. The number of nitrogens with zero attached hydrogens (tertiary/aromatic N) is 1. The molecule has 0 bridgehead atoms. The minimum Gasteiger partial charge on any atom is -0.356 e. The summed E-state index contributed by atoms with van der Waals surface area (Å²) in [6.07, 6.45) is 2.12. The predicted molar refractivity (Wildman–Crippen MR) is 94.5 cm³/mol. The first-order valence-electron chi connectivity index (χ1n) is 6.46. The van der Waals surface area contributed by atoms with Gasteiger partial charge in [-0.15, -0.1) is 11.3 Å². The molecule has 0 aromatic carbocycles. The molecule has 0 unspecified atom stereocenters. The Labute approximate surface area is 138 Å². The number of thiophene rings is 1. The molecule has 0 radical (unpaired) electrons. The van der Waals surface area contributed by atoms with Crippen molar-refractivity contribution >= 4 is 57.9 Å². The molecule has 0 aliphatic rings. The second-order valence-electron chi connectivity index (χ2n) is 4.17. The second-order valence-corrected chi connectivity index (χ2v) is 6.59. The number of hydrogen-bond donors (Lipinski definition) is 1. The molecule has 1 rings (SSSR count). The molecular weight excluding hydrogens is 324 g/mol. The smallest absolute Gasteiger partial charge is 0.260 e. The summed E-state index contributed by atoms with van der Waals surface area (Å²) in [5.41, 5.74) is 0. The van der Waals surface area contributed by atoms with Gasteiger partial charge in [-0.1, -0.05) is 30.0 Å². The van der Waals surface area contributed by atoms with E-state index in [1.54, 1.807) is 23.3 Å². The van der Waals surface area contributed by atoms with E-state index in [2.05, 4.69) is 5.32 Å². The van der Waals surface area contributed by atoms with Crippen LogP contribution in [-0.2, 0) is 9.59 Å². The number of carbonyl (C=O) groups excluding carboxylic acids is 2. The van der Waals surface area contributed by atoms with E-state index in [-0.39, 0.29) is 11.8 Å². The Bertz CT molecular complexity index is 512. The zero-order chi connectivity index (χ0) is 15.7. The largest absolute Gasteiger partial charge is 0.356 e. The second kappa shape index (κ2) is 9.70. The third-order valence-corrected chi connectivity index (χ3v) is 4.35. The third-order valence-electron chi connectivity index (χ3n) is 2.60. The molecule has 1 heterocycles. The van der Waals surface area contributed by atoms with Crippen LogP contribution in [0.4, 0.5) is 0 Å². The molecule has 21 heavy (non-hydrogen) atoms. The van der Waals surface area contributed by atoms with Gasteiger partial charge >= 0.3 is 0 Å². The van der Waals surface area contributed by atoms with Crippen LogP contribution in [0.1, 0.15) is 18.2 Å². The summed E-state index contributed by atoms with van der Waals surface area (Å²) in [7, 11) is 1.69. The first kappa shape index (κ1) is 17.9. The van der Waals surface area contributed by atoms with Gasteiger partial charge in [0, 0.05) is 36.1 Å². The van der Waals surface area contributed by atoms with Crippen LogP contribution in [0.2, 0.25) is 0 Å². The van der Waals surface area contributed by atoms with Crippen LogP contribution in [-0.4, -0.2) is 41.6 Å². The topological polar surface area (TPSA) is 49.4 Å². The van der Waals surface area contributed by atoms with Crippen molar-refractivity contribution in [1.29, 1.82) is 0 Å². The fourth-order valence-electron chi connectivity index (χ4n) is 1.55. The van der Waals surface area contributed by atoms with E-state index in [0.717, 1.165) is 4.88 Å². The number of amides is 2. The van der Waals surface area contributed by atoms with Crippen molar-refractivity contribution in [3.63, 3.8) is 0 Å². The SMILES string of the molecule is CCNC(=O)CCN(C)C(=O)/C(=C/c1cccs1)SC=S. The molecular formula is C14H18N2O2S3. The third kappa shape index (κ3) is 6.41. The Morgan fingerprint density at radius 3 is 2.86 bits per heavy atom. The summed E-state index contributed by atoms with van der Waals surface area (Å²) in [5, 5.41) is 4.67. The Kier molecular flexibility index (Phi) is 8.26. The molecule has 0 aliphatic heterocycles. The van der Waals surface area contributed by atoms with Crippen LogP contribution >= 0.6 is 35.3 Å². The Morgan fingerprint density at radius 1 is 1.52 bits per heavy atom. The van der Waals surface area contributed by atoms with Gasteiger partial charge in [0.05, 0.1) is 4.91 Å². The lowest BCUT2D eigenvalue weighted by atomic mass is 10.3. The summed E-state index contributed by atoms with van der Waals surface area (Å²) in [4.78, 5) is 26.9. The highest BCUT2D eigenvalue weighted by Crippen LogP contribution is 2.22. The molecule has 0 atom stereocenters. The molecule has 1 aromatic rings. The van der Waals surface area contributed by atoms with E-state index in [4.69, 9.17) is 12.2 Å². The van der Waals surface area contributed by atoms with Crippen molar-refractivity contribution in [3.05, 3.63) is 27.3 Å². The van der Waals surface area contributed by atoms with Crippen molar-refractivity contribution in [2.24, 2.45) is 0 Å². The molecule has 7 heteroatoms. The van der Waals surface area contributed by atoms with E-state index in [0.29, 0.717) is 24.4 Å². The summed E-state index contributed by atoms with van der Waals surface area (Å²) >= 11 is 7.62. The van der Waals surface area contributed by atoms with E-state index in [9.17, 15) is 9.59 Å². The number of thiocarbonyl (C=S) groups is 1. The average molecular weight is 343 g/mol. The Balaban J connectivity index is 2.67. The number of rotatable bonds is 8. The number of thioether (sulfide) groups is 1. The zero-order valence-corrected chi connectivity index (χ0v) is 14.4. The molecule has 2 amide bonds. The lowest BCUT2D eigenvalue weighted by molar-refractivity contribution is -0.126. The molecule has 0 saturated heterocycles. The van der Waals surface area contributed by atoms with E-state index < -0.39 is 0 Å². The molecule has 1 N–H and O–H groups in total. The van der Waals surface area contributed by atoms with Crippen LogP contribution in [0, 0.1) is 0 Å². The molecule has 0 fully saturated rings. The van der Waals surface area contributed by atoms with Crippen molar-refractivity contribution in [3.8, 4) is 0 Å². The Morgan fingerprint density at radius 2 is 2.29 bits per heavy atom.